The van der Waals surface area contributed by atoms with Gasteiger partial charge >= 0.3 is 5.97 Å². The second-order valence-corrected chi connectivity index (χ2v) is 5.04. The van der Waals surface area contributed by atoms with Crippen molar-refractivity contribution in [2.24, 2.45) is 0 Å². The van der Waals surface area contributed by atoms with Crippen molar-refractivity contribution >= 4 is 5.97 Å². The first-order valence-electron chi connectivity index (χ1n) is 7.23. The number of ether oxygens (including phenoxy) is 1. The normalized spacial score (nSPS) is 11.3. The number of benzene rings is 2. The molecule has 2 bridgehead atoms. The van der Waals surface area contributed by atoms with Crippen molar-refractivity contribution in [3.63, 3.8) is 0 Å². The van der Waals surface area contributed by atoms with Crippen LogP contribution in [-0.4, -0.2) is 11.1 Å². The first kappa shape index (κ1) is 15.1. The minimum Gasteiger partial charge on any atom is -0.489 e. The van der Waals surface area contributed by atoms with E-state index in [1.165, 1.54) is 5.56 Å². The summed E-state index contributed by atoms with van der Waals surface area (Å²) in [5, 5.41) is 8.73. The largest absolute Gasteiger partial charge is 0.489 e. The summed E-state index contributed by atoms with van der Waals surface area (Å²) in [5.41, 5.74) is 2.76. The maximum absolute atomic E-state index is 10.6. The Bertz CT molecular complexity index is 565. The second-order valence-electron chi connectivity index (χ2n) is 5.04. The van der Waals surface area contributed by atoms with E-state index in [2.05, 4.69) is 19.1 Å². The van der Waals surface area contributed by atoms with Gasteiger partial charge in [-0.2, -0.15) is 0 Å². The van der Waals surface area contributed by atoms with E-state index in [0.29, 0.717) is 5.56 Å². The molecule has 0 unspecified atom stereocenters. The summed E-state index contributed by atoms with van der Waals surface area (Å²) in [4.78, 5) is 10.6. The molecular formula is C18H20O3. The fraction of sp³-hybridized carbons (Fsp3) is 0.278. The molecule has 3 heteroatoms. The lowest BCUT2D eigenvalue weighted by atomic mass is 10.1. The van der Waals surface area contributed by atoms with Gasteiger partial charge in [-0.3, -0.25) is 0 Å². The Hall–Kier alpha value is -2.29. The highest BCUT2D eigenvalue weighted by Crippen LogP contribution is 2.19. The Morgan fingerprint density at radius 3 is 2.38 bits per heavy atom. The molecule has 0 aromatic heterocycles. The number of carboxylic acid groups (broad SMARTS) is 1. The van der Waals surface area contributed by atoms with E-state index in [9.17, 15) is 4.79 Å². The average Bonchev–Trinajstić information content (AvgIpc) is 2.55. The summed E-state index contributed by atoms with van der Waals surface area (Å²) in [6, 6.07) is 15.3. The average molecular weight is 284 g/mol. The van der Waals surface area contributed by atoms with Gasteiger partial charge in [-0.25, -0.2) is 4.79 Å². The highest BCUT2D eigenvalue weighted by atomic mass is 16.5. The van der Waals surface area contributed by atoms with Gasteiger partial charge in [0.05, 0.1) is 5.56 Å². The molecule has 0 atom stereocenters. The fourth-order valence-corrected chi connectivity index (χ4v) is 2.09. The lowest BCUT2D eigenvalue weighted by Crippen LogP contribution is -2.00. The molecule has 2 aromatic rings. The molecule has 0 spiro atoms. The van der Waals surface area contributed by atoms with Gasteiger partial charge in [-0.05, 0) is 48.2 Å². The van der Waals surface area contributed by atoms with E-state index in [0.717, 1.165) is 37.2 Å². The molecule has 2 heterocycles. The zero-order chi connectivity index (χ0) is 15.1. The van der Waals surface area contributed by atoms with Crippen molar-refractivity contribution in [1.29, 1.82) is 0 Å². The summed E-state index contributed by atoms with van der Waals surface area (Å²) < 4.78 is 5.18. The van der Waals surface area contributed by atoms with Crippen LogP contribution in [0, 0.1) is 0 Å². The fourth-order valence-electron chi connectivity index (χ4n) is 2.09. The van der Waals surface area contributed by atoms with Crippen LogP contribution >= 0.6 is 0 Å². The quantitative estimate of drug-likeness (QED) is 0.910. The van der Waals surface area contributed by atoms with Crippen LogP contribution in [-0.2, 0) is 13.0 Å². The lowest BCUT2D eigenvalue weighted by Gasteiger charge is -2.11. The predicted octanol–water partition coefficient (Wildman–Crippen LogP) is 4.31. The molecule has 4 rings (SSSR count). The Morgan fingerprint density at radius 1 is 1.19 bits per heavy atom. The first-order valence-corrected chi connectivity index (χ1v) is 7.23. The molecule has 0 radical (unpaired) electrons. The Kier molecular flexibility index (Phi) is 5.38. The van der Waals surface area contributed by atoms with Crippen LogP contribution in [0.15, 0.2) is 48.5 Å². The second kappa shape index (κ2) is 7.48. The van der Waals surface area contributed by atoms with Crippen molar-refractivity contribution in [2.75, 3.05) is 0 Å². The number of unbranched alkanes of at least 4 members (excludes halogenated alkanes) is 1. The van der Waals surface area contributed by atoms with Crippen LogP contribution in [0.1, 0.15) is 41.3 Å². The summed E-state index contributed by atoms with van der Waals surface area (Å²) in [6.45, 7) is 2.89. The smallest absolute Gasteiger partial charge is 0.335 e. The number of aryl methyl sites for hydroxylation is 1. The molecule has 0 saturated carbocycles. The summed E-state index contributed by atoms with van der Waals surface area (Å²) in [5.74, 6) is 0.137. The van der Waals surface area contributed by atoms with E-state index in [1.54, 1.807) is 18.2 Å². The van der Waals surface area contributed by atoms with Gasteiger partial charge in [0.2, 0.25) is 0 Å². The zero-order valence-electron chi connectivity index (χ0n) is 12.2. The molecule has 2 aromatic carbocycles. The van der Waals surface area contributed by atoms with Crippen LogP contribution in [0.4, 0.5) is 0 Å². The number of fused-ring (bicyclic) bond motifs is 3. The number of hydrogen-bond donors (Lipinski definition) is 1. The van der Waals surface area contributed by atoms with Crippen molar-refractivity contribution in [2.45, 2.75) is 32.8 Å². The van der Waals surface area contributed by atoms with E-state index in [4.69, 9.17) is 9.84 Å². The zero-order valence-corrected chi connectivity index (χ0v) is 12.2. The summed E-state index contributed by atoms with van der Waals surface area (Å²) in [6.07, 6.45) is 3.22. The van der Waals surface area contributed by atoms with E-state index in [1.807, 2.05) is 18.2 Å². The molecule has 3 nitrogen and oxygen atoms in total. The van der Waals surface area contributed by atoms with Crippen LogP contribution in [0.2, 0.25) is 0 Å². The molecule has 0 amide bonds. The first-order chi connectivity index (χ1) is 10.2. The molecule has 2 aliphatic rings. The highest BCUT2D eigenvalue weighted by Gasteiger charge is 2.02. The Morgan fingerprint density at radius 2 is 1.95 bits per heavy atom. The van der Waals surface area contributed by atoms with Crippen molar-refractivity contribution < 1.29 is 14.6 Å². The third kappa shape index (κ3) is 4.63. The molecule has 21 heavy (non-hydrogen) atoms. The Balaban J connectivity index is 0.000000170. The van der Waals surface area contributed by atoms with Gasteiger partial charge in [-0.15, -0.1) is 0 Å². The van der Waals surface area contributed by atoms with Crippen LogP contribution in [0.5, 0.6) is 5.75 Å². The molecule has 1 N–H and O–H groups in total. The molecule has 0 saturated heterocycles. The number of carboxylic acids is 1. The molecule has 0 aliphatic carbocycles. The lowest BCUT2D eigenvalue weighted by molar-refractivity contribution is 0.0696. The molecule has 0 fully saturated rings. The van der Waals surface area contributed by atoms with Gasteiger partial charge in [0, 0.05) is 0 Å². The maximum atomic E-state index is 10.6. The molecule has 2 aliphatic heterocycles. The molecular weight excluding hydrogens is 264 g/mol. The highest BCUT2D eigenvalue weighted by molar-refractivity contribution is 5.87. The van der Waals surface area contributed by atoms with Gasteiger partial charge in [0.1, 0.15) is 12.4 Å². The standard InChI is InChI=1S/C11H14O2.C7H6O/c1-2-3-5-9-6-4-7-10(8-9)11(12)13;1-3-7-4-2-6(1)5-8-7/h4,6-8H,2-3,5H2,1H3,(H,12,13);1-4H,5H2. The van der Waals surface area contributed by atoms with E-state index >= 15 is 0 Å². The summed E-state index contributed by atoms with van der Waals surface area (Å²) in [7, 11) is 0. The minimum absolute atomic E-state index is 0.383. The van der Waals surface area contributed by atoms with Gasteiger partial charge in [-0.1, -0.05) is 37.6 Å². The van der Waals surface area contributed by atoms with Crippen LogP contribution in [0.25, 0.3) is 0 Å². The Labute approximate surface area is 125 Å². The predicted molar refractivity (Wildman–Crippen MR) is 82.8 cm³/mol. The van der Waals surface area contributed by atoms with Gasteiger partial charge < -0.3 is 9.84 Å². The van der Waals surface area contributed by atoms with Crippen molar-refractivity contribution in [1.82, 2.24) is 0 Å². The monoisotopic (exact) mass is 284 g/mol. The number of rotatable bonds is 4. The minimum atomic E-state index is -0.849. The van der Waals surface area contributed by atoms with E-state index in [-0.39, 0.29) is 0 Å². The van der Waals surface area contributed by atoms with Crippen LogP contribution in [0.3, 0.4) is 0 Å². The van der Waals surface area contributed by atoms with Crippen LogP contribution < -0.4 is 4.74 Å². The number of hydrogen-bond acceptors (Lipinski definition) is 2. The van der Waals surface area contributed by atoms with E-state index < -0.39 is 5.97 Å². The maximum Gasteiger partial charge on any atom is 0.335 e. The summed E-state index contributed by atoms with van der Waals surface area (Å²) >= 11 is 0. The van der Waals surface area contributed by atoms with Crippen molar-refractivity contribution in [3.05, 3.63) is 65.2 Å². The van der Waals surface area contributed by atoms with Gasteiger partial charge in [0.25, 0.3) is 0 Å². The van der Waals surface area contributed by atoms with Crippen molar-refractivity contribution in [3.8, 4) is 5.75 Å². The number of aromatic carboxylic acids is 1. The SMILES string of the molecule is CCCCc1cccc(C(=O)O)c1.c1cc2ccc1CO2. The number of carbonyl (C=O) groups is 1. The van der Waals surface area contributed by atoms with Gasteiger partial charge in [0.15, 0.2) is 0 Å². The molecule has 110 valence electrons. The topological polar surface area (TPSA) is 46.5 Å². The third-order valence-corrected chi connectivity index (χ3v) is 3.32. The third-order valence-electron chi connectivity index (χ3n) is 3.32.